The van der Waals surface area contributed by atoms with Crippen molar-refractivity contribution in [1.82, 2.24) is 9.55 Å². The van der Waals surface area contributed by atoms with Gasteiger partial charge in [0.2, 0.25) is 5.91 Å². The Balaban J connectivity index is 1.99. The van der Waals surface area contributed by atoms with Crippen LogP contribution in [-0.4, -0.2) is 27.8 Å². The lowest BCUT2D eigenvalue weighted by Crippen LogP contribution is -2.26. The zero-order valence-electron chi connectivity index (χ0n) is 15.7. The first kappa shape index (κ1) is 19.0. The average molecular weight is 416 g/mol. The Morgan fingerprint density at radius 3 is 2.89 bits per heavy atom. The minimum atomic E-state index is -0.504. The fourth-order valence-corrected chi connectivity index (χ4v) is 5.64. The molecule has 1 aliphatic carbocycles. The number of primary amides is 1. The van der Waals surface area contributed by atoms with Crippen LogP contribution in [0.3, 0.4) is 0 Å². The van der Waals surface area contributed by atoms with Crippen LogP contribution in [0.25, 0.3) is 15.9 Å². The third kappa shape index (κ3) is 3.31. The second kappa shape index (κ2) is 7.60. The molecular formula is C20H21N3O3S2. The van der Waals surface area contributed by atoms with Gasteiger partial charge in [-0.1, -0.05) is 17.8 Å². The number of nitrogens with two attached hydrogens (primary N) is 1. The van der Waals surface area contributed by atoms with Crippen LogP contribution in [0.4, 0.5) is 0 Å². The summed E-state index contributed by atoms with van der Waals surface area (Å²) in [6.07, 6.45) is 4.14. The van der Waals surface area contributed by atoms with Crippen LogP contribution in [0.15, 0.2) is 34.2 Å². The van der Waals surface area contributed by atoms with Crippen molar-refractivity contribution in [1.29, 1.82) is 0 Å². The molecule has 2 N–H and O–H groups in total. The Morgan fingerprint density at radius 1 is 1.36 bits per heavy atom. The van der Waals surface area contributed by atoms with Crippen molar-refractivity contribution in [3.05, 3.63) is 45.1 Å². The van der Waals surface area contributed by atoms with Crippen LogP contribution < -0.4 is 16.0 Å². The van der Waals surface area contributed by atoms with Crippen molar-refractivity contribution in [3.63, 3.8) is 0 Å². The predicted octanol–water partition coefficient (Wildman–Crippen LogP) is 3.30. The molecule has 3 aromatic rings. The lowest BCUT2D eigenvalue weighted by molar-refractivity contribution is -0.117. The molecule has 0 aliphatic heterocycles. The second-order valence-corrected chi connectivity index (χ2v) is 9.18. The van der Waals surface area contributed by atoms with E-state index in [1.807, 2.05) is 18.2 Å². The van der Waals surface area contributed by atoms with Crippen LogP contribution in [0.5, 0.6) is 5.75 Å². The minimum absolute atomic E-state index is 0.100. The van der Waals surface area contributed by atoms with E-state index in [1.54, 1.807) is 36.0 Å². The summed E-state index contributed by atoms with van der Waals surface area (Å²) in [5.41, 5.74) is 7.16. The van der Waals surface area contributed by atoms with Crippen molar-refractivity contribution in [3.8, 4) is 11.4 Å². The van der Waals surface area contributed by atoms with Gasteiger partial charge >= 0.3 is 0 Å². The van der Waals surface area contributed by atoms with Gasteiger partial charge < -0.3 is 10.5 Å². The van der Waals surface area contributed by atoms with Crippen LogP contribution >= 0.6 is 23.1 Å². The fourth-order valence-electron chi connectivity index (χ4n) is 3.46. The maximum Gasteiger partial charge on any atom is 0.267 e. The molecule has 146 valence electrons. The molecule has 4 rings (SSSR count). The summed E-state index contributed by atoms with van der Waals surface area (Å²) in [6.45, 7) is 1.72. The molecule has 2 heterocycles. The largest absolute Gasteiger partial charge is 0.497 e. The van der Waals surface area contributed by atoms with Crippen molar-refractivity contribution < 1.29 is 9.53 Å². The fraction of sp³-hybridized carbons (Fsp3) is 0.350. The number of aryl methyl sites for hydroxylation is 2. The number of carbonyl (C=O) groups is 1. The molecule has 0 unspecified atom stereocenters. The number of hydrogen-bond acceptors (Lipinski definition) is 6. The number of ether oxygens (including phenoxy) is 1. The number of aromatic nitrogens is 2. The molecule has 6 nitrogen and oxygen atoms in total. The number of hydrogen-bond donors (Lipinski definition) is 1. The zero-order valence-corrected chi connectivity index (χ0v) is 17.4. The maximum atomic E-state index is 13.6. The first-order valence-corrected chi connectivity index (χ1v) is 10.9. The summed E-state index contributed by atoms with van der Waals surface area (Å²) in [5.74, 6) is 0.206. The Labute approximate surface area is 170 Å². The average Bonchev–Trinajstić information content (AvgIpc) is 3.06. The van der Waals surface area contributed by atoms with E-state index in [1.165, 1.54) is 16.6 Å². The lowest BCUT2D eigenvalue weighted by Gasteiger charge is -2.15. The van der Waals surface area contributed by atoms with Gasteiger partial charge in [0.15, 0.2) is 5.16 Å². The Kier molecular flexibility index (Phi) is 5.16. The van der Waals surface area contributed by atoms with Crippen LogP contribution in [-0.2, 0) is 17.6 Å². The molecule has 1 amide bonds. The summed E-state index contributed by atoms with van der Waals surface area (Å²) in [7, 11) is 1.59. The molecule has 0 bridgehead atoms. The van der Waals surface area contributed by atoms with Gasteiger partial charge in [-0.2, -0.15) is 0 Å². The number of nitrogens with zero attached hydrogens (tertiary/aromatic N) is 2. The van der Waals surface area contributed by atoms with E-state index in [-0.39, 0.29) is 5.56 Å². The van der Waals surface area contributed by atoms with Crippen molar-refractivity contribution >= 4 is 39.2 Å². The molecule has 1 aliphatic rings. The monoisotopic (exact) mass is 415 g/mol. The molecule has 0 fully saturated rings. The molecule has 0 saturated carbocycles. The predicted molar refractivity (Wildman–Crippen MR) is 113 cm³/mol. The van der Waals surface area contributed by atoms with E-state index in [0.717, 1.165) is 36.1 Å². The number of amides is 1. The normalized spacial score (nSPS) is 14.6. The number of benzene rings is 1. The highest BCUT2D eigenvalue weighted by Crippen LogP contribution is 2.36. The highest BCUT2D eigenvalue weighted by Gasteiger charge is 2.24. The summed E-state index contributed by atoms with van der Waals surface area (Å²) in [5, 5.41) is 0.671. The van der Waals surface area contributed by atoms with Gasteiger partial charge in [-0.05, 0) is 50.3 Å². The molecule has 1 aromatic carbocycles. The van der Waals surface area contributed by atoms with Gasteiger partial charge in [0, 0.05) is 10.9 Å². The van der Waals surface area contributed by atoms with E-state index in [2.05, 4.69) is 0 Å². The second-order valence-electron chi connectivity index (χ2n) is 6.79. The van der Waals surface area contributed by atoms with Gasteiger partial charge in [-0.25, -0.2) is 4.98 Å². The number of fused-ring (bicyclic) bond motifs is 3. The van der Waals surface area contributed by atoms with Gasteiger partial charge in [0.25, 0.3) is 5.56 Å². The summed E-state index contributed by atoms with van der Waals surface area (Å²) in [4.78, 5) is 32.0. The van der Waals surface area contributed by atoms with E-state index < -0.39 is 11.2 Å². The van der Waals surface area contributed by atoms with Crippen molar-refractivity contribution in [2.75, 3.05) is 7.11 Å². The summed E-state index contributed by atoms with van der Waals surface area (Å²) >= 11 is 2.80. The smallest absolute Gasteiger partial charge is 0.267 e. The summed E-state index contributed by atoms with van der Waals surface area (Å²) < 4.78 is 6.90. The standard InChI is InChI=1S/C20H21N3O3S2/c1-11(17(21)24)27-20-22-18-16(14-8-3-4-9-15(14)28-18)19(25)23(20)12-6-5-7-13(10-12)26-2/h5-7,10-11H,3-4,8-9H2,1-2H3,(H2,21,24)/t11-/m1/s1. The molecule has 1 atom stereocenters. The maximum absolute atomic E-state index is 13.6. The quantitative estimate of drug-likeness (QED) is 0.510. The zero-order chi connectivity index (χ0) is 19.8. The number of rotatable bonds is 5. The Bertz CT molecular complexity index is 1120. The molecule has 0 spiro atoms. The molecule has 8 heteroatoms. The van der Waals surface area contributed by atoms with E-state index >= 15 is 0 Å². The Hall–Kier alpha value is -2.32. The lowest BCUT2D eigenvalue weighted by atomic mass is 9.97. The molecule has 2 aromatic heterocycles. The van der Waals surface area contributed by atoms with Gasteiger partial charge in [-0.15, -0.1) is 11.3 Å². The van der Waals surface area contributed by atoms with E-state index in [0.29, 0.717) is 22.0 Å². The van der Waals surface area contributed by atoms with Crippen LogP contribution in [0.1, 0.15) is 30.2 Å². The SMILES string of the molecule is COc1cccc(-n2c(S[C@H](C)C(N)=O)nc3sc4c(c3c2=O)CCCC4)c1. The highest BCUT2D eigenvalue weighted by molar-refractivity contribution is 8.00. The number of thiophene rings is 1. The Morgan fingerprint density at radius 2 is 2.14 bits per heavy atom. The number of thioether (sulfide) groups is 1. The van der Waals surface area contributed by atoms with E-state index in [9.17, 15) is 9.59 Å². The van der Waals surface area contributed by atoms with Gasteiger partial charge in [0.1, 0.15) is 10.6 Å². The van der Waals surface area contributed by atoms with E-state index in [4.69, 9.17) is 15.5 Å². The third-order valence-corrected chi connectivity index (χ3v) is 7.21. The van der Waals surface area contributed by atoms with Crippen LogP contribution in [0, 0.1) is 0 Å². The van der Waals surface area contributed by atoms with Crippen LogP contribution in [0.2, 0.25) is 0 Å². The highest BCUT2D eigenvalue weighted by atomic mass is 32.2. The third-order valence-electron chi connectivity index (χ3n) is 4.95. The molecule has 0 saturated heterocycles. The van der Waals surface area contributed by atoms with Crippen molar-refractivity contribution in [2.24, 2.45) is 5.73 Å². The van der Waals surface area contributed by atoms with Crippen molar-refractivity contribution in [2.45, 2.75) is 43.0 Å². The minimum Gasteiger partial charge on any atom is -0.497 e. The molecular weight excluding hydrogens is 394 g/mol. The van der Waals surface area contributed by atoms with Gasteiger partial charge in [0.05, 0.1) is 23.4 Å². The molecule has 28 heavy (non-hydrogen) atoms. The number of methoxy groups -OCH3 is 1. The topological polar surface area (TPSA) is 87.2 Å². The number of carbonyl (C=O) groups excluding carboxylic acids is 1. The molecule has 0 radical (unpaired) electrons. The first-order chi connectivity index (χ1) is 13.5. The summed E-state index contributed by atoms with van der Waals surface area (Å²) in [6, 6.07) is 7.30. The van der Waals surface area contributed by atoms with Gasteiger partial charge in [-0.3, -0.25) is 14.2 Å². The first-order valence-electron chi connectivity index (χ1n) is 9.17.